The Bertz CT molecular complexity index is 558. The summed E-state index contributed by atoms with van der Waals surface area (Å²) in [5.74, 6) is -0.848. The van der Waals surface area contributed by atoms with Gasteiger partial charge in [0.2, 0.25) is 0 Å². The van der Waals surface area contributed by atoms with E-state index in [1.807, 2.05) is 0 Å². The van der Waals surface area contributed by atoms with E-state index in [2.05, 4.69) is 21.2 Å². The van der Waals surface area contributed by atoms with Crippen molar-refractivity contribution in [1.82, 2.24) is 0 Å². The van der Waals surface area contributed by atoms with E-state index in [0.29, 0.717) is 15.8 Å². The van der Waals surface area contributed by atoms with Gasteiger partial charge in [0, 0.05) is 5.69 Å². The molecule has 0 heterocycles. The molecule has 0 saturated heterocycles. The Morgan fingerprint density at radius 1 is 1.06 bits per heavy atom. The van der Waals surface area contributed by atoms with E-state index >= 15 is 0 Å². The highest BCUT2D eigenvalue weighted by Crippen LogP contribution is 2.27. The number of nitrogens with two attached hydrogens (primary N) is 1. The quantitative estimate of drug-likeness (QED) is 0.821. The normalized spacial score (nSPS) is 10.3. The molecule has 0 saturated carbocycles. The zero-order valence-corrected chi connectivity index (χ0v) is 10.3. The van der Waals surface area contributed by atoms with Crippen LogP contribution in [0.3, 0.4) is 0 Å². The lowest BCUT2D eigenvalue weighted by Crippen LogP contribution is -1.98. The second kappa shape index (κ2) is 4.71. The lowest BCUT2D eigenvalue weighted by atomic mass is 10.2. The fourth-order valence-electron chi connectivity index (χ4n) is 1.38. The first-order valence-corrected chi connectivity index (χ1v) is 5.63. The van der Waals surface area contributed by atoms with Gasteiger partial charge in [-0.25, -0.2) is 8.78 Å². The number of hydrogen-bond donors (Lipinski definition) is 2. The summed E-state index contributed by atoms with van der Waals surface area (Å²) in [6.45, 7) is 0. The number of rotatable bonds is 2. The summed E-state index contributed by atoms with van der Waals surface area (Å²) in [6, 6.07) is 8.88. The van der Waals surface area contributed by atoms with Gasteiger partial charge in [0.15, 0.2) is 0 Å². The van der Waals surface area contributed by atoms with Gasteiger partial charge in [-0.1, -0.05) is 6.07 Å². The SMILES string of the molecule is Nc1c(F)cccc1Nc1ccc(F)c(Br)c1. The van der Waals surface area contributed by atoms with Crippen molar-refractivity contribution in [1.29, 1.82) is 0 Å². The van der Waals surface area contributed by atoms with E-state index < -0.39 is 5.82 Å². The third-order valence-electron chi connectivity index (χ3n) is 2.25. The molecule has 0 bridgehead atoms. The average Bonchev–Trinajstić information content (AvgIpc) is 2.30. The summed E-state index contributed by atoms with van der Waals surface area (Å²) in [5, 5.41) is 2.92. The van der Waals surface area contributed by atoms with Crippen LogP contribution in [0.4, 0.5) is 25.8 Å². The van der Waals surface area contributed by atoms with Crippen molar-refractivity contribution in [2.45, 2.75) is 0 Å². The molecule has 3 N–H and O–H groups in total. The molecule has 0 unspecified atom stereocenters. The summed E-state index contributed by atoms with van der Waals surface area (Å²) in [4.78, 5) is 0. The molecule has 17 heavy (non-hydrogen) atoms. The van der Waals surface area contributed by atoms with Crippen molar-refractivity contribution in [3.8, 4) is 0 Å². The van der Waals surface area contributed by atoms with Crippen molar-refractivity contribution in [2.75, 3.05) is 11.1 Å². The predicted molar refractivity (Wildman–Crippen MR) is 68.2 cm³/mol. The van der Waals surface area contributed by atoms with Gasteiger partial charge in [-0.05, 0) is 46.3 Å². The minimum Gasteiger partial charge on any atom is -0.395 e. The number of nitrogens with one attached hydrogen (secondary N) is 1. The molecular weight excluding hydrogens is 290 g/mol. The van der Waals surface area contributed by atoms with Gasteiger partial charge in [-0.2, -0.15) is 0 Å². The maximum Gasteiger partial charge on any atom is 0.148 e. The third kappa shape index (κ3) is 2.55. The monoisotopic (exact) mass is 298 g/mol. The fourth-order valence-corrected chi connectivity index (χ4v) is 1.75. The Labute approximate surface area is 106 Å². The van der Waals surface area contributed by atoms with Crippen LogP contribution in [0, 0.1) is 11.6 Å². The standard InChI is InChI=1S/C12H9BrF2N2/c13-8-6-7(4-5-9(8)14)17-11-3-1-2-10(15)12(11)16/h1-6,17H,16H2. The first-order valence-electron chi connectivity index (χ1n) is 4.84. The minimum absolute atomic E-state index is 0.0351. The van der Waals surface area contributed by atoms with Crippen LogP contribution in [0.25, 0.3) is 0 Å². The van der Waals surface area contributed by atoms with Crippen molar-refractivity contribution < 1.29 is 8.78 Å². The van der Waals surface area contributed by atoms with Crippen molar-refractivity contribution in [3.63, 3.8) is 0 Å². The van der Waals surface area contributed by atoms with Crippen LogP contribution in [0.2, 0.25) is 0 Å². The number of anilines is 3. The zero-order chi connectivity index (χ0) is 12.4. The van der Waals surface area contributed by atoms with Gasteiger partial charge >= 0.3 is 0 Å². The molecule has 0 fully saturated rings. The summed E-state index contributed by atoms with van der Waals surface area (Å²) in [7, 11) is 0. The number of nitrogen functional groups attached to an aromatic ring is 1. The number of benzene rings is 2. The summed E-state index contributed by atoms with van der Waals surface area (Å²) >= 11 is 3.07. The van der Waals surface area contributed by atoms with Crippen LogP contribution in [-0.2, 0) is 0 Å². The van der Waals surface area contributed by atoms with Crippen LogP contribution in [-0.4, -0.2) is 0 Å². The van der Waals surface area contributed by atoms with Crippen LogP contribution >= 0.6 is 15.9 Å². The zero-order valence-electron chi connectivity index (χ0n) is 8.68. The van der Waals surface area contributed by atoms with E-state index in [-0.39, 0.29) is 11.5 Å². The maximum atomic E-state index is 13.2. The molecule has 2 nitrogen and oxygen atoms in total. The molecule has 0 atom stereocenters. The van der Waals surface area contributed by atoms with Crippen molar-refractivity contribution in [2.24, 2.45) is 0 Å². The molecule has 0 aliphatic rings. The number of hydrogen-bond acceptors (Lipinski definition) is 2. The fraction of sp³-hybridized carbons (Fsp3) is 0. The van der Waals surface area contributed by atoms with Crippen LogP contribution in [0.1, 0.15) is 0 Å². The number of para-hydroxylation sites is 1. The Morgan fingerprint density at radius 2 is 1.82 bits per heavy atom. The molecule has 0 aromatic heterocycles. The smallest absolute Gasteiger partial charge is 0.148 e. The third-order valence-corrected chi connectivity index (χ3v) is 2.86. The molecule has 88 valence electrons. The number of halogens is 3. The predicted octanol–water partition coefficient (Wildman–Crippen LogP) is 4.05. The van der Waals surface area contributed by atoms with Crippen molar-refractivity contribution in [3.05, 3.63) is 52.5 Å². The van der Waals surface area contributed by atoms with Gasteiger partial charge < -0.3 is 11.1 Å². The Balaban J connectivity index is 2.31. The molecule has 0 radical (unpaired) electrons. The molecule has 0 aliphatic heterocycles. The van der Waals surface area contributed by atoms with E-state index in [1.165, 1.54) is 12.1 Å². The van der Waals surface area contributed by atoms with Crippen LogP contribution < -0.4 is 11.1 Å². The largest absolute Gasteiger partial charge is 0.395 e. The van der Waals surface area contributed by atoms with Gasteiger partial charge in [-0.3, -0.25) is 0 Å². The molecule has 0 amide bonds. The Kier molecular flexibility index (Phi) is 3.28. The van der Waals surface area contributed by atoms with Gasteiger partial charge in [-0.15, -0.1) is 0 Å². The van der Waals surface area contributed by atoms with E-state index in [4.69, 9.17) is 5.73 Å². The van der Waals surface area contributed by atoms with Crippen molar-refractivity contribution >= 4 is 33.0 Å². The second-order valence-corrected chi connectivity index (χ2v) is 4.31. The molecule has 2 aromatic rings. The van der Waals surface area contributed by atoms with E-state index in [9.17, 15) is 8.78 Å². The topological polar surface area (TPSA) is 38.0 Å². The molecule has 0 aliphatic carbocycles. The summed E-state index contributed by atoms with van der Waals surface area (Å²) in [6.07, 6.45) is 0. The van der Waals surface area contributed by atoms with Crippen LogP contribution in [0.15, 0.2) is 40.9 Å². The lowest BCUT2D eigenvalue weighted by molar-refractivity contribution is 0.621. The molecule has 0 spiro atoms. The average molecular weight is 299 g/mol. The Hall–Kier alpha value is -1.62. The van der Waals surface area contributed by atoms with E-state index in [1.54, 1.807) is 24.3 Å². The molecule has 5 heteroatoms. The lowest BCUT2D eigenvalue weighted by Gasteiger charge is -2.10. The molecule has 2 aromatic carbocycles. The Morgan fingerprint density at radius 3 is 2.53 bits per heavy atom. The first kappa shape index (κ1) is 11.9. The molecular formula is C12H9BrF2N2. The summed E-state index contributed by atoms with van der Waals surface area (Å²) in [5.41, 5.74) is 6.68. The highest BCUT2D eigenvalue weighted by atomic mass is 79.9. The minimum atomic E-state index is -0.490. The second-order valence-electron chi connectivity index (χ2n) is 3.45. The first-order chi connectivity index (χ1) is 8.08. The van der Waals surface area contributed by atoms with Gasteiger partial charge in [0.05, 0.1) is 15.8 Å². The van der Waals surface area contributed by atoms with Gasteiger partial charge in [0.25, 0.3) is 0 Å². The highest BCUT2D eigenvalue weighted by molar-refractivity contribution is 9.10. The van der Waals surface area contributed by atoms with Gasteiger partial charge in [0.1, 0.15) is 11.6 Å². The van der Waals surface area contributed by atoms with E-state index in [0.717, 1.165) is 0 Å². The maximum absolute atomic E-state index is 13.2. The van der Waals surface area contributed by atoms with Crippen LogP contribution in [0.5, 0.6) is 0 Å². The molecule has 2 rings (SSSR count). The summed E-state index contributed by atoms with van der Waals surface area (Å²) < 4.78 is 26.5. The highest BCUT2D eigenvalue weighted by Gasteiger charge is 2.05.